The van der Waals surface area contributed by atoms with Crippen LogP contribution in [-0.4, -0.2) is 31.4 Å². The first kappa shape index (κ1) is 17.8. The second kappa shape index (κ2) is 5.80. The van der Waals surface area contributed by atoms with Crippen LogP contribution in [0.2, 0.25) is 0 Å². The number of carbonyl (C=O) groups excluding carboxylic acids is 1. The van der Waals surface area contributed by atoms with Crippen molar-refractivity contribution in [3.05, 3.63) is 29.8 Å². The van der Waals surface area contributed by atoms with Crippen LogP contribution >= 0.6 is 22.6 Å². The predicted molar refractivity (Wildman–Crippen MR) is 95.5 cm³/mol. The molecule has 1 heterocycles. The van der Waals surface area contributed by atoms with E-state index in [4.69, 9.17) is 14.0 Å². The van der Waals surface area contributed by atoms with E-state index in [1.807, 2.05) is 58.9 Å². The van der Waals surface area contributed by atoms with Crippen molar-refractivity contribution in [2.75, 3.05) is 7.11 Å². The number of rotatable bonds is 3. The Balaban J connectivity index is 2.33. The van der Waals surface area contributed by atoms with Gasteiger partial charge in [0.05, 0.1) is 18.3 Å². The number of methoxy groups -OCH3 is 1. The van der Waals surface area contributed by atoms with E-state index in [0.29, 0.717) is 0 Å². The van der Waals surface area contributed by atoms with E-state index in [9.17, 15) is 4.79 Å². The molecule has 4 nitrogen and oxygen atoms in total. The average molecular weight is 416 g/mol. The molecule has 2 rings (SSSR count). The van der Waals surface area contributed by atoms with Crippen molar-refractivity contribution < 1.29 is 18.8 Å². The number of carbonyl (C=O) groups is 1. The molecule has 0 aliphatic carbocycles. The standard InChI is InChI=1S/C16H22BIO4/c1-14(2)15(3,4)22-17(21-14)12-9-7-8-11(10-12)16(5,18)13(19)20-6/h7-10H,1-6H3. The molecule has 0 saturated carbocycles. The first-order valence-corrected chi connectivity index (χ1v) is 8.32. The molecule has 1 aliphatic rings. The largest absolute Gasteiger partial charge is 0.494 e. The van der Waals surface area contributed by atoms with Gasteiger partial charge in [-0.2, -0.15) is 0 Å². The Kier molecular flexibility index (Phi) is 4.68. The molecule has 1 atom stereocenters. The lowest BCUT2D eigenvalue weighted by Gasteiger charge is -2.32. The van der Waals surface area contributed by atoms with Crippen LogP contribution in [0.1, 0.15) is 40.2 Å². The summed E-state index contributed by atoms with van der Waals surface area (Å²) in [5.41, 5.74) is 1.00. The minimum Gasteiger partial charge on any atom is -0.468 e. The van der Waals surface area contributed by atoms with E-state index in [1.165, 1.54) is 7.11 Å². The van der Waals surface area contributed by atoms with E-state index in [-0.39, 0.29) is 17.2 Å². The maximum absolute atomic E-state index is 12.0. The van der Waals surface area contributed by atoms with E-state index in [2.05, 4.69) is 22.6 Å². The summed E-state index contributed by atoms with van der Waals surface area (Å²) in [6.45, 7) is 9.92. The van der Waals surface area contributed by atoms with Gasteiger partial charge in [-0.1, -0.05) is 46.9 Å². The highest BCUT2D eigenvalue weighted by molar-refractivity contribution is 14.1. The highest BCUT2D eigenvalue weighted by atomic mass is 127. The lowest BCUT2D eigenvalue weighted by molar-refractivity contribution is -0.142. The molecule has 0 aromatic heterocycles. The SMILES string of the molecule is COC(=O)C(C)(I)c1cccc(B2OC(C)(C)C(C)(C)O2)c1. The molecule has 0 bridgehead atoms. The third kappa shape index (κ3) is 3.05. The van der Waals surface area contributed by atoms with Gasteiger partial charge >= 0.3 is 13.1 Å². The summed E-state index contributed by atoms with van der Waals surface area (Å²) < 4.78 is 16.3. The molecule has 1 unspecified atom stereocenters. The summed E-state index contributed by atoms with van der Waals surface area (Å²) >= 11 is 2.11. The first-order chi connectivity index (χ1) is 10.0. The van der Waals surface area contributed by atoms with Gasteiger partial charge in [0.2, 0.25) is 0 Å². The van der Waals surface area contributed by atoms with Crippen molar-refractivity contribution >= 4 is 41.1 Å². The summed E-state index contributed by atoms with van der Waals surface area (Å²) in [5, 5.41) is 0. The molecule has 22 heavy (non-hydrogen) atoms. The van der Waals surface area contributed by atoms with E-state index >= 15 is 0 Å². The molecule has 0 amide bonds. The van der Waals surface area contributed by atoms with Gasteiger partial charge in [0.15, 0.2) is 0 Å². The zero-order valence-electron chi connectivity index (χ0n) is 13.9. The van der Waals surface area contributed by atoms with E-state index in [1.54, 1.807) is 0 Å². The van der Waals surface area contributed by atoms with Crippen LogP contribution in [-0.2, 0) is 22.3 Å². The van der Waals surface area contributed by atoms with Gasteiger partial charge in [0, 0.05) is 0 Å². The summed E-state index contributed by atoms with van der Waals surface area (Å²) in [5.74, 6) is -0.279. The molecular weight excluding hydrogens is 394 g/mol. The van der Waals surface area contributed by atoms with Crippen LogP contribution in [0.15, 0.2) is 24.3 Å². The quantitative estimate of drug-likeness (QED) is 0.329. The minimum atomic E-state index is -0.744. The number of esters is 1. The number of hydrogen-bond donors (Lipinski definition) is 0. The number of ether oxygens (including phenoxy) is 1. The highest BCUT2D eigenvalue weighted by Gasteiger charge is 2.51. The third-order valence-electron chi connectivity index (χ3n) is 4.52. The molecule has 1 aliphatic heterocycles. The fraction of sp³-hybridized carbons (Fsp3) is 0.562. The van der Waals surface area contributed by atoms with Gasteiger partial charge in [0.1, 0.15) is 3.42 Å². The number of benzene rings is 1. The van der Waals surface area contributed by atoms with Crippen LogP contribution in [0.4, 0.5) is 0 Å². The van der Waals surface area contributed by atoms with Crippen LogP contribution in [0.5, 0.6) is 0 Å². The molecular formula is C16H22BIO4. The van der Waals surface area contributed by atoms with Gasteiger partial charge in [-0.15, -0.1) is 0 Å². The third-order valence-corrected chi connectivity index (χ3v) is 5.59. The lowest BCUT2D eigenvalue weighted by atomic mass is 9.77. The molecule has 1 fully saturated rings. The first-order valence-electron chi connectivity index (χ1n) is 7.25. The van der Waals surface area contributed by atoms with Crippen molar-refractivity contribution in [1.82, 2.24) is 0 Å². The van der Waals surface area contributed by atoms with Crippen molar-refractivity contribution in [3.8, 4) is 0 Å². The Hall–Kier alpha value is -0.595. The van der Waals surface area contributed by atoms with E-state index in [0.717, 1.165) is 11.0 Å². The molecule has 0 radical (unpaired) electrons. The lowest BCUT2D eigenvalue weighted by Crippen LogP contribution is -2.41. The molecule has 1 aromatic rings. The Morgan fingerprint density at radius 3 is 2.27 bits per heavy atom. The van der Waals surface area contributed by atoms with Crippen molar-refractivity contribution in [3.63, 3.8) is 0 Å². The maximum atomic E-state index is 12.0. The summed E-state index contributed by atoms with van der Waals surface area (Å²) in [4.78, 5) is 12.0. The normalized spacial score (nSPS) is 22.2. The highest BCUT2D eigenvalue weighted by Crippen LogP contribution is 2.37. The Morgan fingerprint density at radius 2 is 1.77 bits per heavy atom. The summed E-state index contributed by atoms with van der Waals surface area (Å²) in [6.07, 6.45) is 0. The van der Waals surface area contributed by atoms with Crippen LogP contribution < -0.4 is 5.46 Å². The van der Waals surface area contributed by atoms with E-state index < -0.39 is 10.5 Å². The van der Waals surface area contributed by atoms with Crippen molar-refractivity contribution in [2.45, 2.75) is 49.2 Å². The zero-order valence-corrected chi connectivity index (χ0v) is 16.1. The van der Waals surface area contributed by atoms with Gasteiger partial charge in [0.25, 0.3) is 0 Å². The number of hydrogen-bond acceptors (Lipinski definition) is 4. The second-order valence-corrected chi connectivity index (χ2v) is 8.87. The van der Waals surface area contributed by atoms with Crippen LogP contribution in [0.25, 0.3) is 0 Å². The van der Waals surface area contributed by atoms with Crippen LogP contribution in [0.3, 0.4) is 0 Å². The zero-order chi connectivity index (χ0) is 16.8. The summed E-state index contributed by atoms with van der Waals surface area (Å²) in [7, 11) is 0.965. The van der Waals surface area contributed by atoms with Crippen LogP contribution in [0, 0.1) is 0 Å². The van der Waals surface area contributed by atoms with Gasteiger partial charge in [-0.3, -0.25) is 4.79 Å². The van der Waals surface area contributed by atoms with Crippen molar-refractivity contribution in [1.29, 1.82) is 0 Å². The number of alkyl halides is 1. The average Bonchev–Trinajstić information content (AvgIpc) is 2.66. The Morgan fingerprint density at radius 1 is 1.23 bits per heavy atom. The van der Waals surface area contributed by atoms with Crippen molar-refractivity contribution in [2.24, 2.45) is 0 Å². The molecule has 1 saturated heterocycles. The predicted octanol–water partition coefficient (Wildman–Crippen LogP) is 2.81. The van der Waals surface area contributed by atoms with Gasteiger partial charge in [-0.05, 0) is 45.6 Å². The fourth-order valence-corrected chi connectivity index (χ4v) is 2.82. The molecule has 0 spiro atoms. The molecule has 0 N–H and O–H groups in total. The summed E-state index contributed by atoms with van der Waals surface area (Å²) in [6, 6.07) is 7.73. The molecule has 1 aromatic carbocycles. The second-order valence-electron chi connectivity index (χ2n) is 6.71. The Labute approximate surface area is 146 Å². The Bertz CT molecular complexity index is 567. The monoisotopic (exact) mass is 416 g/mol. The fourth-order valence-electron chi connectivity index (χ4n) is 2.27. The topological polar surface area (TPSA) is 44.8 Å². The minimum absolute atomic E-state index is 0.279. The maximum Gasteiger partial charge on any atom is 0.494 e. The molecule has 6 heteroatoms. The molecule has 120 valence electrons. The van der Waals surface area contributed by atoms with Gasteiger partial charge < -0.3 is 14.0 Å². The van der Waals surface area contributed by atoms with Gasteiger partial charge in [-0.25, -0.2) is 0 Å². The smallest absolute Gasteiger partial charge is 0.468 e. The number of halogens is 1.